The summed E-state index contributed by atoms with van der Waals surface area (Å²) < 4.78 is 22.8. The van der Waals surface area contributed by atoms with Crippen molar-refractivity contribution in [2.24, 2.45) is 11.1 Å². The number of hydrogen-bond donors (Lipinski definition) is 1. The first kappa shape index (κ1) is 16.3. The molecular weight excluding hydrogens is 312 g/mol. The fourth-order valence-electron chi connectivity index (χ4n) is 2.58. The summed E-state index contributed by atoms with van der Waals surface area (Å²) >= 11 is 5.89. The number of carbonyl (C=O) groups is 1. The Labute approximate surface area is 130 Å². The van der Waals surface area contributed by atoms with Gasteiger partial charge in [0.1, 0.15) is 0 Å². The molecule has 0 atom stereocenters. The molecule has 1 fully saturated rings. The van der Waals surface area contributed by atoms with Crippen LogP contribution in [0.15, 0.2) is 23.1 Å². The molecule has 116 valence electrons. The average molecular weight is 331 g/mol. The maximum absolute atomic E-state index is 12.5. The third kappa shape index (κ3) is 3.96. The van der Waals surface area contributed by atoms with E-state index in [0.717, 1.165) is 19.3 Å². The van der Waals surface area contributed by atoms with Gasteiger partial charge in [-0.15, -0.1) is 0 Å². The van der Waals surface area contributed by atoms with Crippen LogP contribution < -0.4 is 5.14 Å². The molecule has 2 N–H and O–H groups in total. The Morgan fingerprint density at radius 2 is 1.95 bits per heavy atom. The number of hydrogen-bond acceptors (Lipinski definition) is 3. The molecule has 2 rings (SSSR count). The van der Waals surface area contributed by atoms with Crippen LogP contribution in [0.2, 0.25) is 5.02 Å². The fraction of sp³-hybridized carbons (Fsp3) is 0.500. The van der Waals surface area contributed by atoms with E-state index in [4.69, 9.17) is 16.7 Å². The molecule has 5 nitrogen and oxygen atoms in total. The Morgan fingerprint density at radius 3 is 2.48 bits per heavy atom. The van der Waals surface area contributed by atoms with Crippen molar-refractivity contribution in [3.8, 4) is 0 Å². The Balaban J connectivity index is 2.22. The Bertz CT molecular complexity index is 638. The predicted molar refractivity (Wildman–Crippen MR) is 81.7 cm³/mol. The van der Waals surface area contributed by atoms with E-state index in [1.165, 1.54) is 18.2 Å². The highest BCUT2D eigenvalue weighted by Crippen LogP contribution is 2.24. The summed E-state index contributed by atoms with van der Waals surface area (Å²) in [5.41, 5.74) is 0.265. The number of halogens is 1. The molecular formula is C14H19ClN2O3S. The number of carbonyl (C=O) groups excluding carboxylic acids is 1. The number of rotatable bonds is 3. The number of piperidine rings is 1. The molecule has 1 amide bonds. The third-order valence-electron chi connectivity index (χ3n) is 3.93. The second kappa shape index (κ2) is 6.34. The molecule has 1 aromatic carbocycles. The van der Waals surface area contributed by atoms with Crippen molar-refractivity contribution in [1.82, 2.24) is 4.90 Å². The number of amides is 1. The van der Waals surface area contributed by atoms with E-state index in [1.54, 1.807) is 4.90 Å². The number of benzene rings is 1. The van der Waals surface area contributed by atoms with E-state index in [1.807, 2.05) is 0 Å². The van der Waals surface area contributed by atoms with Crippen LogP contribution in [0.4, 0.5) is 0 Å². The summed E-state index contributed by atoms with van der Waals surface area (Å²) in [7, 11) is -3.88. The topological polar surface area (TPSA) is 80.5 Å². The molecule has 0 unspecified atom stereocenters. The zero-order valence-electron chi connectivity index (χ0n) is 11.9. The summed E-state index contributed by atoms with van der Waals surface area (Å²) in [5.74, 6) is 0.463. The van der Waals surface area contributed by atoms with Crippen LogP contribution in [0.3, 0.4) is 0 Å². The zero-order chi connectivity index (χ0) is 15.6. The highest BCUT2D eigenvalue weighted by Gasteiger charge is 2.24. The smallest absolute Gasteiger partial charge is 0.253 e. The van der Waals surface area contributed by atoms with Gasteiger partial charge in [0, 0.05) is 23.7 Å². The fourth-order valence-corrected chi connectivity index (χ4v) is 3.46. The van der Waals surface area contributed by atoms with Crippen molar-refractivity contribution < 1.29 is 13.2 Å². The lowest BCUT2D eigenvalue weighted by molar-refractivity contribution is 0.0688. The molecule has 0 spiro atoms. The molecule has 0 aromatic heterocycles. The van der Waals surface area contributed by atoms with Gasteiger partial charge in [-0.2, -0.15) is 0 Å². The first-order valence-corrected chi connectivity index (χ1v) is 8.86. The van der Waals surface area contributed by atoms with Crippen molar-refractivity contribution in [3.05, 3.63) is 28.8 Å². The van der Waals surface area contributed by atoms with E-state index in [0.29, 0.717) is 19.0 Å². The Hall–Kier alpha value is -1.11. The molecule has 21 heavy (non-hydrogen) atoms. The lowest BCUT2D eigenvalue weighted by atomic mass is 9.94. The molecule has 1 aromatic rings. The first-order chi connectivity index (χ1) is 9.81. The number of nitrogens with two attached hydrogens (primary N) is 1. The van der Waals surface area contributed by atoms with Gasteiger partial charge in [-0.05, 0) is 37.0 Å². The van der Waals surface area contributed by atoms with Crippen molar-refractivity contribution in [1.29, 1.82) is 0 Å². The van der Waals surface area contributed by atoms with Crippen LogP contribution >= 0.6 is 11.6 Å². The van der Waals surface area contributed by atoms with Gasteiger partial charge in [0.15, 0.2) is 0 Å². The number of likely N-dealkylation sites (tertiary alicyclic amines) is 1. The van der Waals surface area contributed by atoms with Crippen molar-refractivity contribution in [2.45, 2.75) is 31.1 Å². The third-order valence-corrected chi connectivity index (χ3v) is 5.04. The van der Waals surface area contributed by atoms with E-state index < -0.39 is 10.0 Å². The SMILES string of the molecule is CCC1CCN(C(=O)c2cc(Cl)cc(S(N)(=O)=O)c2)CC1. The Kier molecular flexibility index (Phi) is 4.91. The van der Waals surface area contributed by atoms with E-state index in [-0.39, 0.29) is 21.4 Å². The van der Waals surface area contributed by atoms with Gasteiger partial charge in [-0.3, -0.25) is 4.79 Å². The van der Waals surface area contributed by atoms with Crippen LogP contribution in [-0.4, -0.2) is 32.3 Å². The highest BCUT2D eigenvalue weighted by molar-refractivity contribution is 7.89. The minimum atomic E-state index is -3.88. The summed E-state index contributed by atoms with van der Waals surface area (Å²) in [4.78, 5) is 14.1. The van der Waals surface area contributed by atoms with Crippen molar-refractivity contribution in [3.63, 3.8) is 0 Å². The predicted octanol–water partition coefficient (Wildman–Crippen LogP) is 2.25. The van der Waals surface area contributed by atoms with Crippen LogP contribution in [0.5, 0.6) is 0 Å². The molecule has 0 aliphatic carbocycles. The number of sulfonamides is 1. The van der Waals surface area contributed by atoms with E-state index >= 15 is 0 Å². The minimum Gasteiger partial charge on any atom is -0.339 e. The average Bonchev–Trinajstić information content (AvgIpc) is 2.45. The first-order valence-electron chi connectivity index (χ1n) is 6.94. The van der Waals surface area contributed by atoms with Gasteiger partial charge in [0.05, 0.1) is 4.90 Å². The maximum Gasteiger partial charge on any atom is 0.253 e. The quantitative estimate of drug-likeness (QED) is 0.923. The van der Waals surface area contributed by atoms with E-state index in [2.05, 4.69) is 6.92 Å². The Morgan fingerprint density at radius 1 is 1.33 bits per heavy atom. The summed E-state index contributed by atoms with van der Waals surface area (Å²) in [5, 5.41) is 5.29. The van der Waals surface area contributed by atoms with Crippen LogP contribution in [-0.2, 0) is 10.0 Å². The van der Waals surface area contributed by atoms with Gasteiger partial charge < -0.3 is 4.90 Å². The molecule has 0 saturated carbocycles. The zero-order valence-corrected chi connectivity index (χ0v) is 13.5. The second-order valence-corrected chi connectivity index (χ2v) is 7.36. The highest BCUT2D eigenvalue weighted by atomic mass is 35.5. The number of nitrogens with zero attached hydrogens (tertiary/aromatic N) is 1. The monoisotopic (exact) mass is 330 g/mol. The molecule has 0 bridgehead atoms. The molecule has 1 heterocycles. The van der Waals surface area contributed by atoms with Gasteiger partial charge in [-0.25, -0.2) is 13.6 Å². The molecule has 1 aliphatic heterocycles. The minimum absolute atomic E-state index is 0.137. The molecule has 1 saturated heterocycles. The standard InChI is InChI=1S/C14H19ClN2O3S/c1-2-10-3-5-17(6-4-10)14(18)11-7-12(15)9-13(8-11)21(16,19)20/h7-10H,2-6H2,1H3,(H2,16,19,20). The lowest BCUT2D eigenvalue weighted by Gasteiger charge is -2.31. The van der Waals surface area contributed by atoms with Crippen LogP contribution in [0.25, 0.3) is 0 Å². The van der Waals surface area contributed by atoms with Crippen molar-refractivity contribution in [2.75, 3.05) is 13.1 Å². The van der Waals surface area contributed by atoms with Gasteiger partial charge in [0.2, 0.25) is 10.0 Å². The normalized spacial score (nSPS) is 17.0. The van der Waals surface area contributed by atoms with Crippen LogP contribution in [0.1, 0.15) is 36.5 Å². The summed E-state index contributed by atoms with van der Waals surface area (Å²) in [6, 6.07) is 4.01. The second-order valence-electron chi connectivity index (χ2n) is 5.36. The molecule has 1 aliphatic rings. The van der Waals surface area contributed by atoms with Crippen molar-refractivity contribution >= 4 is 27.5 Å². The van der Waals surface area contributed by atoms with Crippen LogP contribution in [0, 0.1) is 5.92 Å². The van der Waals surface area contributed by atoms with Gasteiger partial charge >= 0.3 is 0 Å². The number of primary sulfonamides is 1. The van der Waals surface area contributed by atoms with E-state index in [9.17, 15) is 13.2 Å². The molecule has 0 radical (unpaired) electrons. The van der Waals surface area contributed by atoms with Gasteiger partial charge in [0.25, 0.3) is 5.91 Å². The maximum atomic E-state index is 12.5. The lowest BCUT2D eigenvalue weighted by Crippen LogP contribution is -2.38. The summed E-state index contributed by atoms with van der Waals surface area (Å²) in [6.45, 7) is 3.53. The summed E-state index contributed by atoms with van der Waals surface area (Å²) in [6.07, 6.45) is 3.07. The largest absolute Gasteiger partial charge is 0.339 e. The molecule has 7 heteroatoms. The van der Waals surface area contributed by atoms with Gasteiger partial charge in [-0.1, -0.05) is 24.9 Å².